The summed E-state index contributed by atoms with van der Waals surface area (Å²) in [5, 5.41) is 0. The Morgan fingerprint density at radius 3 is 2.89 bits per heavy atom. The van der Waals surface area contributed by atoms with Crippen LogP contribution in [0.2, 0.25) is 0 Å². The fraction of sp³-hybridized carbons (Fsp3) is 0.357. The molecule has 0 radical (unpaired) electrons. The lowest BCUT2D eigenvalue weighted by Gasteiger charge is -2.23. The number of ether oxygens (including phenoxy) is 1. The van der Waals surface area contributed by atoms with Crippen LogP contribution in [-0.4, -0.2) is 30.5 Å². The van der Waals surface area contributed by atoms with E-state index in [1.807, 2.05) is 29.2 Å². The van der Waals surface area contributed by atoms with Crippen molar-refractivity contribution in [1.29, 1.82) is 0 Å². The summed E-state index contributed by atoms with van der Waals surface area (Å²) in [5.41, 5.74) is 6.35. The first kappa shape index (κ1) is 12.5. The highest BCUT2D eigenvalue weighted by molar-refractivity contribution is 5.76. The third-order valence-corrected chi connectivity index (χ3v) is 2.90. The molecule has 1 aliphatic heterocycles. The van der Waals surface area contributed by atoms with Crippen LogP contribution in [-0.2, 0) is 4.79 Å². The molecule has 0 spiro atoms. The number of carbonyl (C=O) groups is 1. The van der Waals surface area contributed by atoms with Gasteiger partial charge in [-0.3, -0.25) is 4.79 Å². The van der Waals surface area contributed by atoms with Crippen molar-refractivity contribution in [2.24, 2.45) is 0 Å². The highest BCUT2D eigenvalue weighted by Gasteiger charge is 2.13. The van der Waals surface area contributed by atoms with Crippen LogP contribution in [0.25, 0.3) is 0 Å². The van der Waals surface area contributed by atoms with E-state index in [0.717, 1.165) is 13.0 Å². The number of anilines is 1. The lowest BCUT2D eigenvalue weighted by molar-refractivity contribution is -0.131. The number of carbonyl (C=O) groups excluding carboxylic acids is 1. The van der Waals surface area contributed by atoms with Gasteiger partial charge in [0, 0.05) is 13.1 Å². The zero-order valence-corrected chi connectivity index (χ0v) is 10.3. The number of hydrogen-bond donors (Lipinski definition) is 1. The van der Waals surface area contributed by atoms with E-state index in [9.17, 15) is 4.79 Å². The second kappa shape index (κ2) is 6.10. The minimum Gasteiger partial charge on any atom is -0.491 e. The molecule has 0 saturated carbocycles. The van der Waals surface area contributed by atoms with Crippen molar-refractivity contribution in [2.75, 3.05) is 25.4 Å². The molecule has 1 heterocycles. The van der Waals surface area contributed by atoms with Gasteiger partial charge in [-0.25, -0.2) is 0 Å². The fourth-order valence-electron chi connectivity index (χ4n) is 1.89. The molecular formula is C14H18N2O2. The van der Waals surface area contributed by atoms with Crippen LogP contribution in [0.3, 0.4) is 0 Å². The highest BCUT2D eigenvalue weighted by Crippen LogP contribution is 2.19. The standard InChI is InChI=1S/C14H18N2O2/c15-12-6-2-3-7-13(12)18-11-8-14(17)16-9-4-1-5-10-16/h1-4,6-7H,5,8-11,15H2. The molecule has 0 fully saturated rings. The average Bonchev–Trinajstić information content (AvgIpc) is 2.42. The first-order chi connectivity index (χ1) is 8.77. The van der Waals surface area contributed by atoms with Crippen molar-refractivity contribution in [3.63, 3.8) is 0 Å². The Balaban J connectivity index is 1.77. The molecule has 4 nitrogen and oxygen atoms in total. The van der Waals surface area contributed by atoms with Gasteiger partial charge in [0.2, 0.25) is 5.91 Å². The first-order valence-corrected chi connectivity index (χ1v) is 6.17. The Labute approximate surface area is 107 Å². The van der Waals surface area contributed by atoms with Gasteiger partial charge in [0.15, 0.2) is 0 Å². The second-order valence-corrected chi connectivity index (χ2v) is 4.24. The summed E-state index contributed by atoms with van der Waals surface area (Å²) >= 11 is 0. The molecule has 1 aliphatic rings. The summed E-state index contributed by atoms with van der Waals surface area (Å²) in [6.45, 7) is 1.89. The van der Waals surface area contributed by atoms with Crippen LogP contribution in [0, 0.1) is 0 Å². The monoisotopic (exact) mass is 246 g/mol. The van der Waals surface area contributed by atoms with Crippen molar-refractivity contribution in [3.05, 3.63) is 36.4 Å². The lowest BCUT2D eigenvalue weighted by atomic mass is 10.2. The van der Waals surface area contributed by atoms with Gasteiger partial charge in [0.1, 0.15) is 5.75 Å². The van der Waals surface area contributed by atoms with Crippen LogP contribution in [0.4, 0.5) is 5.69 Å². The molecule has 0 atom stereocenters. The predicted molar refractivity (Wildman–Crippen MR) is 71.3 cm³/mol. The summed E-state index contributed by atoms with van der Waals surface area (Å²) in [6, 6.07) is 7.31. The SMILES string of the molecule is Nc1ccccc1OCCC(=O)N1CC=CCC1. The van der Waals surface area contributed by atoms with Crippen molar-refractivity contribution in [3.8, 4) is 5.75 Å². The Morgan fingerprint density at radius 2 is 2.17 bits per heavy atom. The van der Waals surface area contributed by atoms with Crippen molar-refractivity contribution < 1.29 is 9.53 Å². The first-order valence-electron chi connectivity index (χ1n) is 6.17. The molecule has 0 aliphatic carbocycles. The molecule has 0 aromatic heterocycles. The van der Waals surface area contributed by atoms with Crippen LogP contribution >= 0.6 is 0 Å². The second-order valence-electron chi connectivity index (χ2n) is 4.24. The van der Waals surface area contributed by atoms with Gasteiger partial charge in [-0.2, -0.15) is 0 Å². The molecular weight excluding hydrogens is 228 g/mol. The molecule has 1 aromatic rings. The molecule has 2 rings (SSSR count). The third-order valence-electron chi connectivity index (χ3n) is 2.90. The number of nitrogens with two attached hydrogens (primary N) is 1. The molecule has 4 heteroatoms. The summed E-state index contributed by atoms with van der Waals surface area (Å²) in [4.78, 5) is 13.7. The third kappa shape index (κ3) is 3.26. The van der Waals surface area contributed by atoms with E-state index in [-0.39, 0.29) is 5.91 Å². The minimum atomic E-state index is 0.133. The molecule has 96 valence electrons. The number of nitrogen functional groups attached to an aromatic ring is 1. The largest absolute Gasteiger partial charge is 0.491 e. The normalized spacial score (nSPS) is 14.6. The van der Waals surface area contributed by atoms with E-state index in [2.05, 4.69) is 6.08 Å². The Kier molecular flexibility index (Phi) is 4.23. The topological polar surface area (TPSA) is 55.6 Å². The van der Waals surface area contributed by atoms with Gasteiger partial charge in [0.05, 0.1) is 18.7 Å². The summed E-state index contributed by atoms with van der Waals surface area (Å²) in [6.07, 6.45) is 5.46. The van der Waals surface area contributed by atoms with E-state index >= 15 is 0 Å². The predicted octanol–water partition coefficient (Wildman–Crippen LogP) is 1.83. The van der Waals surface area contributed by atoms with Crippen LogP contribution in [0.1, 0.15) is 12.8 Å². The van der Waals surface area contributed by atoms with E-state index in [1.54, 1.807) is 6.07 Å². The molecule has 0 saturated heterocycles. The van der Waals surface area contributed by atoms with Gasteiger partial charge in [-0.15, -0.1) is 0 Å². The maximum atomic E-state index is 11.9. The Bertz CT molecular complexity index is 443. The molecule has 2 N–H and O–H groups in total. The quantitative estimate of drug-likeness (QED) is 0.651. The number of para-hydroxylation sites is 2. The number of benzene rings is 1. The van der Waals surface area contributed by atoms with Crippen molar-refractivity contribution in [1.82, 2.24) is 4.90 Å². The van der Waals surface area contributed by atoms with Gasteiger partial charge >= 0.3 is 0 Å². The molecule has 1 amide bonds. The van der Waals surface area contributed by atoms with E-state index in [1.165, 1.54) is 0 Å². The Morgan fingerprint density at radius 1 is 1.33 bits per heavy atom. The summed E-state index contributed by atoms with van der Waals surface area (Å²) in [5.74, 6) is 0.776. The summed E-state index contributed by atoms with van der Waals surface area (Å²) < 4.78 is 5.51. The van der Waals surface area contributed by atoms with E-state index in [0.29, 0.717) is 31.0 Å². The molecule has 1 aromatic carbocycles. The number of rotatable bonds is 4. The van der Waals surface area contributed by atoms with Crippen LogP contribution in [0.15, 0.2) is 36.4 Å². The van der Waals surface area contributed by atoms with Gasteiger partial charge < -0.3 is 15.4 Å². The van der Waals surface area contributed by atoms with Crippen LogP contribution < -0.4 is 10.5 Å². The maximum absolute atomic E-state index is 11.9. The zero-order chi connectivity index (χ0) is 12.8. The van der Waals surface area contributed by atoms with Gasteiger partial charge in [-0.1, -0.05) is 24.3 Å². The number of nitrogens with zero attached hydrogens (tertiary/aromatic N) is 1. The fourth-order valence-corrected chi connectivity index (χ4v) is 1.89. The smallest absolute Gasteiger partial charge is 0.226 e. The van der Waals surface area contributed by atoms with Crippen molar-refractivity contribution >= 4 is 11.6 Å². The molecule has 18 heavy (non-hydrogen) atoms. The van der Waals surface area contributed by atoms with Gasteiger partial charge in [-0.05, 0) is 18.6 Å². The van der Waals surface area contributed by atoms with E-state index < -0.39 is 0 Å². The van der Waals surface area contributed by atoms with Crippen molar-refractivity contribution in [2.45, 2.75) is 12.8 Å². The van der Waals surface area contributed by atoms with E-state index in [4.69, 9.17) is 10.5 Å². The number of hydrogen-bond acceptors (Lipinski definition) is 3. The highest BCUT2D eigenvalue weighted by atomic mass is 16.5. The molecule has 0 unspecified atom stereocenters. The minimum absolute atomic E-state index is 0.133. The Hall–Kier alpha value is -1.97. The maximum Gasteiger partial charge on any atom is 0.226 e. The molecule has 0 bridgehead atoms. The lowest BCUT2D eigenvalue weighted by Crippen LogP contribution is -2.34. The zero-order valence-electron chi connectivity index (χ0n) is 10.3. The van der Waals surface area contributed by atoms with Gasteiger partial charge in [0.25, 0.3) is 0 Å². The number of amides is 1. The van der Waals surface area contributed by atoms with Crippen LogP contribution in [0.5, 0.6) is 5.75 Å². The summed E-state index contributed by atoms with van der Waals surface area (Å²) in [7, 11) is 0. The average molecular weight is 246 g/mol.